The van der Waals surface area contributed by atoms with E-state index < -0.39 is 5.97 Å². The maximum atomic E-state index is 11.6. The van der Waals surface area contributed by atoms with E-state index in [1.165, 1.54) is 7.11 Å². The fourth-order valence-electron chi connectivity index (χ4n) is 2.00. The Kier molecular flexibility index (Phi) is 4.47. The molecule has 0 fully saturated rings. The van der Waals surface area contributed by atoms with Gasteiger partial charge in [0.1, 0.15) is 17.0 Å². The molecule has 110 valence electrons. The normalized spacial score (nSPS) is 16.2. The number of methoxy groups -OCH3 is 2. The molecule has 1 N–H and O–H groups in total. The number of hydrogen-bond donors (Lipinski definition) is 1. The molecule has 0 amide bonds. The topological polar surface area (TPSA) is 68.1 Å². The monoisotopic (exact) mass is 351 g/mol. The highest BCUT2D eigenvalue weighted by molar-refractivity contribution is 9.10. The summed E-state index contributed by atoms with van der Waals surface area (Å²) in [6.45, 7) is 1.64. The van der Waals surface area contributed by atoms with Gasteiger partial charge in [-0.1, -0.05) is 15.9 Å². The van der Waals surface area contributed by atoms with Gasteiger partial charge in [-0.3, -0.25) is 0 Å². The quantitative estimate of drug-likeness (QED) is 0.848. The van der Waals surface area contributed by atoms with Crippen LogP contribution in [0.15, 0.2) is 44.7 Å². The van der Waals surface area contributed by atoms with Gasteiger partial charge in [0.05, 0.1) is 19.9 Å². The van der Waals surface area contributed by atoms with Crippen LogP contribution in [-0.2, 0) is 9.53 Å². The molecule has 0 aromatic heterocycles. The van der Waals surface area contributed by atoms with Crippen molar-refractivity contribution < 1.29 is 19.4 Å². The maximum Gasteiger partial charge on any atom is 0.343 e. The van der Waals surface area contributed by atoms with Crippen molar-refractivity contribution in [3.05, 3.63) is 45.3 Å². The van der Waals surface area contributed by atoms with Gasteiger partial charge in [-0.05, 0) is 31.2 Å². The Morgan fingerprint density at radius 1 is 1.38 bits per heavy atom. The van der Waals surface area contributed by atoms with Crippen LogP contribution < -0.4 is 4.74 Å². The van der Waals surface area contributed by atoms with Crippen LogP contribution in [0.4, 0.5) is 0 Å². The van der Waals surface area contributed by atoms with Gasteiger partial charge < -0.3 is 14.6 Å². The molecule has 1 heterocycles. The van der Waals surface area contributed by atoms with E-state index in [-0.39, 0.29) is 11.3 Å². The first-order valence-electron chi connectivity index (χ1n) is 6.10. The first kappa shape index (κ1) is 15.3. The van der Waals surface area contributed by atoms with E-state index in [4.69, 9.17) is 4.74 Å². The summed E-state index contributed by atoms with van der Waals surface area (Å²) in [5, 5.41) is 10.2. The minimum atomic E-state index is -0.613. The summed E-state index contributed by atoms with van der Waals surface area (Å²) in [6.07, 6.45) is 1.65. The van der Waals surface area contributed by atoms with Gasteiger partial charge in [-0.2, -0.15) is 0 Å². The molecule has 5 nitrogen and oxygen atoms in total. The molecule has 1 aromatic rings. The molecule has 1 aliphatic heterocycles. The summed E-state index contributed by atoms with van der Waals surface area (Å²) in [5.74, 6) is -0.169. The van der Waals surface area contributed by atoms with Gasteiger partial charge in [0.15, 0.2) is 5.76 Å². The second kappa shape index (κ2) is 6.13. The Balaban J connectivity index is 2.51. The van der Waals surface area contributed by atoms with Gasteiger partial charge in [0, 0.05) is 10.0 Å². The third-order valence-electron chi connectivity index (χ3n) is 3.00. The van der Waals surface area contributed by atoms with Crippen molar-refractivity contribution in [2.75, 3.05) is 14.2 Å². The molecule has 0 unspecified atom stereocenters. The lowest BCUT2D eigenvalue weighted by Crippen LogP contribution is -2.11. The van der Waals surface area contributed by atoms with E-state index in [1.807, 2.05) is 12.1 Å². The number of aliphatic hydroxyl groups is 1. The van der Waals surface area contributed by atoms with Gasteiger partial charge >= 0.3 is 5.97 Å². The molecule has 0 atom stereocenters. The van der Waals surface area contributed by atoms with Gasteiger partial charge in [-0.25, -0.2) is 9.79 Å². The first-order valence-corrected chi connectivity index (χ1v) is 6.90. The molecular weight excluding hydrogens is 338 g/mol. The summed E-state index contributed by atoms with van der Waals surface area (Å²) in [7, 11) is 2.82. The molecule has 1 aliphatic rings. The highest BCUT2D eigenvalue weighted by Crippen LogP contribution is 2.30. The molecule has 1 aromatic carbocycles. The van der Waals surface area contributed by atoms with E-state index in [0.717, 1.165) is 10.0 Å². The SMILES string of the molecule is COC(=O)C1=C(O)C(=Cc2cc(Br)ccc2OC)N=C1C. The zero-order chi connectivity index (χ0) is 15.6. The smallest absolute Gasteiger partial charge is 0.343 e. The Morgan fingerprint density at radius 3 is 2.71 bits per heavy atom. The molecule has 0 spiro atoms. The summed E-state index contributed by atoms with van der Waals surface area (Å²) < 4.78 is 10.8. The van der Waals surface area contributed by atoms with Crippen LogP contribution in [-0.4, -0.2) is 31.0 Å². The Labute approximate surface area is 130 Å². The summed E-state index contributed by atoms with van der Waals surface area (Å²) in [5.41, 5.74) is 1.53. The van der Waals surface area contributed by atoms with Crippen molar-refractivity contribution in [3.63, 3.8) is 0 Å². The number of halogens is 1. The lowest BCUT2D eigenvalue weighted by Gasteiger charge is -2.06. The predicted molar refractivity (Wildman–Crippen MR) is 83.5 cm³/mol. The Morgan fingerprint density at radius 2 is 2.10 bits per heavy atom. The van der Waals surface area contributed by atoms with Crippen molar-refractivity contribution in [1.29, 1.82) is 0 Å². The highest BCUT2D eigenvalue weighted by Gasteiger charge is 2.27. The van der Waals surface area contributed by atoms with Crippen LogP contribution in [0.2, 0.25) is 0 Å². The van der Waals surface area contributed by atoms with Crippen molar-refractivity contribution in [1.82, 2.24) is 0 Å². The third-order valence-corrected chi connectivity index (χ3v) is 3.50. The molecule has 6 heteroatoms. The van der Waals surface area contributed by atoms with Crippen molar-refractivity contribution >= 4 is 33.7 Å². The van der Waals surface area contributed by atoms with E-state index in [9.17, 15) is 9.90 Å². The van der Waals surface area contributed by atoms with E-state index in [0.29, 0.717) is 17.2 Å². The van der Waals surface area contributed by atoms with E-state index in [2.05, 4.69) is 25.7 Å². The first-order chi connectivity index (χ1) is 9.97. The summed E-state index contributed by atoms with van der Waals surface area (Å²) in [6, 6.07) is 5.48. The molecule has 0 radical (unpaired) electrons. The Bertz CT molecular complexity index is 689. The number of hydrogen-bond acceptors (Lipinski definition) is 5. The van der Waals surface area contributed by atoms with Crippen molar-refractivity contribution in [3.8, 4) is 5.75 Å². The van der Waals surface area contributed by atoms with E-state index >= 15 is 0 Å². The molecule has 21 heavy (non-hydrogen) atoms. The highest BCUT2D eigenvalue weighted by atomic mass is 79.9. The number of nitrogens with zero attached hydrogens (tertiary/aromatic N) is 1. The fraction of sp³-hybridized carbons (Fsp3) is 0.200. The fourth-order valence-corrected chi connectivity index (χ4v) is 2.38. The summed E-state index contributed by atoms with van der Waals surface area (Å²) in [4.78, 5) is 15.8. The van der Waals surface area contributed by atoms with Crippen LogP contribution in [0.3, 0.4) is 0 Å². The standard InChI is InChI=1S/C15H14BrNO4/c1-8-13(15(19)21-3)14(18)11(17-8)7-9-6-10(16)4-5-12(9)20-2/h4-7,18H,1-3H3. The largest absolute Gasteiger partial charge is 0.505 e. The van der Waals surface area contributed by atoms with Crippen LogP contribution in [0.5, 0.6) is 5.75 Å². The van der Waals surface area contributed by atoms with E-state index in [1.54, 1.807) is 26.2 Å². The summed E-state index contributed by atoms with van der Waals surface area (Å²) >= 11 is 3.38. The van der Waals surface area contributed by atoms with Crippen molar-refractivity contribution in [2.45, 2.75) is 6.92 Å². The van der Waals surface area contributed by atoms with Crippen LogP contribution in [0.25, 0.3) is 6.08 Å². The molecule has 2 rings (SSSR count). The number of rotatable bonds is 3. The third kappa shape index (κ3) is 3.00. The number of carbonyl (C=O) groups is 1. The number of aliphatic hydroxyl groups excluding tert-OH is 1. The van der Waals surface area contributed by atoms with Gasteiger partial charge in [0.2, 0.25) is 0 Å². The molecular formula is C15H14BrNO4. The number of carbonyl (C=O) groups excluding carboxylic acids is 1. The van der Waals surface area contributed by atoms with Crippen LogP contribution >= 0.6 is 15.9 Å². The number of esters is 1. The second-order valence-electron chi connectivity index (χ2n) is 4.33. The molecule has 0 saturated carbocycles. The lowest BCUT2D eigenvalue weighted by molar-refractivity contribution is -0.135. The molecule has 0 saturated heterocycles. The van der Waals surface area contributed by atoms with Crippen molar-refractivity contribution in [2.24, 2.45) is 4.99 Å². The second-order valence-corrected chi connectivity index (χ2v) is 5.24. The Hall–Kier alpha value is -2.08. The number of ether oxygens (including phenoxy) is 2. The maximum absolute atomic E-state index is 11.6. The zero-order valence-corrected chi connectivity index (χ0v) is 13.4. The van der Waals surface area contributed by atoms with Crippen LogP contribution in [0.1, 0.15) is 12.5 Å². The lowest BCUT2D eigenvalue weighted by atomic mass is 10.1. The molecule has 0 bridgehead atoms. The average molecular weight is 352 g/mol. The van der Waals surface area contributed by atoms with Gasteiger partial charge in [-0.15, -0.1) is 0 Å². The average Bonchev–Trinajstić information content (AvgIpc) is 2.73. The minimum Gasteiger partial charge on any atom is -0.505 e. The number of benzene rings is 1. The van der Waals surface area contributed by atoms with Crippen LogP contribution in [0, 0.1) is 0 Å². The molecule has 0 aliphatic carbocycles. The number of aliphatic imine (C=N–C) groups is 1. The zero-order valence-electron chi connectivity index (χ0n) is 11.8. The minimum absolute atomic E-state index is 0.0812. The van der Waals surface area contributed by atoms with Gasteiger partial charge in [0.25, 0.3) is 0 Å². The predicted octanol–water partition coefficient (Wildman–Crippen LogP) is 3.26.